The van der Waals surface area contributed by atoms with Gasteiger partial charge in [0.15, 0.2) is 5.75 Å². The van der Waals surface area contributed by atoms with E-state index >= 15 is 0 Å². The van der Waals surface area contributed by atoms with E-state index in [2.05, 4.69) is 0 Å². The third-order valence-corrected chi connectivity index (χ3v) is 3.11. The summed E-state index contributed by atoms with van der Waals surface area (Å²) in [4.78, 5) is 11.8. The van der Waals surface area contributed by atoms with Crippen molar-refractivity contribution in [1.29, 1.82) is 0 Å². The van der Waals surface area contributed by atoms with Crippen LogP contribution in [0.15, 0.2) is 6.07 Å². The molecule has 1 aliphatic heterocycles. The maximum Gasteiger partial charge on any atom is 0.342 e. The third-order valence-electron chi connectivity index (χ3n) is 2.50. The van der Waals surface area contributed by atoms with Gasteiger partial charge in [0.2, 0.25) is 0 Å². The van der Waals surface area contributed by atoms with Crippen molar-refractivity contribution >= 4 is 29.2 Å². The van der Waals surface area contributed by atoms with E-state index in [4.69, 9.17) is 32.7 Å². The lowest BCUT2D eigenvalue weighted by Crippen LogP contribution is -2.26. The number of methoxy groups -OCH3 is 1. The number of carbonyl (C=O) groups excluding carboxylic acids is 1. The summed E-state index contributed by atoms with van der Waals surface area (Å²) in [6, 6.07) is 1.59. The largest absolute Gasteiger partial charge is 0.494 e. The van der Waals surface area contributed by atoms with Crippen molar-refractivity contribution in [3.8, 4) is 5.75 Å². The number of carbonyl (C=O) groups is 1. The molecule has 16 heavy (non-hydrogen) atoms. The molecule has 0 aliphatic carbocycles. The Labute approximate surface area is 103 Å². The molecule has 2 rings (SSSR count). The Morgan fingerprint density at radius 1 is 1.44 bits per heavy atom. The lowest BCUT2D eigenvalue weighted by atomic mass is 9.98. The Balaban J connectivity index is 2.69. The van der Waals surface area contributed by atoms with Crippen molar-refractivity contribution in [3.05, 3.63) is 27.2 Å². The Morgan fingerprint density at radius 3 is 2.75 bits per heavy atom. The quantitative estimate of drug-likeness (QED) is 0.728. The van der Waals surface area contributed by atoms with Crippen LogP contribution in [0, 0.1) is 0 Å². The lowest BCUT2D eigenvalue weighted by molar-refractivity contribution is 0.0297. The van der Waals surface area contributed by atoms with Gasteiger partial charge in [0, 0.05) is 11.4 Å². The monoisotopic (exact) mass is 260 g/mol. The second-order valence-corrected chi connectivity index (χ2v) is 4.46. The maximum atomic E-state index is 11.8. The van der Waals surface area contributed by atoms with Crippen LogP contribution < -0.4 is 4.74 Å². The van der Waals surface area contributed by atoms with E-state index in [9.17, 15) is 4.79 Å². The zero-order valence-corrected chi connectivity index (χ0v) is 10.4. The Kier molecular flexibility index (Phi) is 3.00. The molecule has 1 aromatic carbocycles. The summed E-state index contributed by atoms with van der Waals surface area (Å²) in [6.45, 7) is 1.82. The van der Waals surface area contributed by atoms with Crippen LogP contribution in [0.3, 0.4) is 0 Å². The highest BCUT2D eigenvalue weighted by molar-refractivity contribution is 6.37. The van der Waals surface area contributed by atoms with E-state index in [0.717, 1.165) is 5.56 Å². The van der Waals surface area contributed by atoms with Crippen molar-refractivity contribution in [2.45, 2.75) is 19.4 Å². The molecular formula is C11H10Cl2O3. The maximum absolute atomic E-state index is 11.8. The van der Waals surface area contributed by atoms with Crippen LogP contribution in [-0.2, 0) is 11.2 Å². The molecule has 1 aromatic rings. The molecule has 0 bridgehead atoms. The molecule has 1 unspecified atom stereocenters. The van der Waals surface area contributed by atoms with E-state index in [1.165, 1.54) is 7.11 Å². The van der Waals surface area contributed by atoms with Gasteiger partial charge >= 0.3 is 5.97 Å². The number of hydrogen-bond donors (Lipinski definition) is 0. The van der Waals surface area contributed by atoms with Gasteiger partial charge in [-0.1, -0.05) is 23.2 Å². The van der Waals surface area contributed by atoms with Gasteiger partial charge in [0.25, 0.3) is 0 Å². The minimum atomic E-state index is -0.435. The van der Waals surface area contributed by atoms with Crippen LogP contribution in [0.25, 0.3) is 0 Å². The highest BCUT2D eigenvalue weighted by atomic mass is 35.5. The van der Waals surface area contributed by atoms with Crippen LogP contribution in [0.1, 0.15) is 22.8 Å². The molecule has 0 aromatic heterocycles. The predicted octanol–water partition coefficient (Wildman–Crippen LogP) is 3.10. The minimum Gasteiger partial charge on any atom is -0.494 e. The molecule has 0 radical (unpaired) electrons. The lowest BCUT2D eigenvalue weighted by Gasteiger charge is -2.24. The van der Waals surface area contributed by atoms with Gasteiger partial charge in [-0.05, 0) is 18.6 Å². The van der Waals surface area contributed by atoms with E-state index in [-0.39, 0.29) is 6.10 Å². The van der Waals surface area contributed by atoms with Gasteiger partial charge in [0.05, 0.1) is 12.1 Å². The number of rotatable bonds is 1. The van der Waals surface area contributed by atoms with Gasteiger partial charge in [-0.25, -0.2) is 4.79 Å². The molecule has 0 amide bonds. The molecular weight excluding hydrogens is 251 g/mol. The van der Waals surface area contributed by atoms with E-state index in [1.807, 2.05) is 6.92 Å². The number of benzene rings is 1. The molecule has 0 spiro atoms. The number of fused-ring (bicyclic) bond motifs is 1. The highest BCUT2D eigenvalue weighted by Crippen LogP contribution is 2.39. The first-order chi connectivity index (χ1) is 7.54. The third kappa shape index (κ3) is 1.74. The molecule has 0 saturated heterocycles. The van der Waals surface area contributed by atoms with Gasteiger partial charge in [0.1, 0.15) is 11.7 Å². The summed E-state index contributed by atoms with van der Waals surface area (Å²) in [5.41, 5.74) is 1.09. The van der Waals surface area contributed by atoms with E-state index in [0.29, 0.717) is 27.8 Å². The Morgan fingerprint density at radius 2 is 2.12 bits per heavy atom. The summed E-state index contributed by atoms with van der Waals surface area (Å²) in [5.74, 6) is -0.104. The molecule has 0 saturated carbocycles. The van der Waals surface area contributed by atoms with Gasteiger partial charge in [-0.3, -0.25) is 0 Å². The molecule has 5 heteroatoms. The second kappa shape index (κ2) is 4.15. The van der Waals surface area contributed by atoms with Crippen LogP contribution >= 0.6 is 23.2 Å². The van der Waals surface area contributed by atoms with Crippen LogP contribution in [0.5, 0.6) is 5.75 Å². The molecule has 1 heterocycles. The molecule has 1 atom stereocenters. The number of ether oxygens (including phenoxy) is 2. The molecule has 0 fully saturated rings. The fraction of sp³-hybridized carbons (Fsp3) is 0.364. The number of cyclic esters (lactones) is 1. The van der Waals surface area contributed by atoms with Gasteiger partial charge in [-0.2, -0.15) is 0 Å². The number of halogens is 2. The van der Waals surface area contributed by atoms with Crippen LogP contribution in [0.2, 0.25) is 10.0 Å². The molecule has 1 aliphatic rings. The normalized spacial score (nSPS) is 19.0. The topological polar surface area (TPSA) is 35.5 Å². The van der Waals surface area contributed by atoms with Crippen molar-refractivity contribution < 1.29 is 14.3 Å². The first-order valence-electron chi connectivity index (χ1n) is 4.80. The van der Waals surface area contributed by atoms with E-state index in [1.54, 1.807) is 6.07 Å². The molecule has 3 nitrogen and oxygen atoms in total. The van der Waals surface area contributed by atoms with Gasteiger partial charge in [-0.15, -0.1) is 0 Å². The zero-order chi connectivity index (χ0) is 11.9. The number of esters is 1. The van der Waals surface area contributed by atoms with Gasteiger partial charge < -0.3 is 9.47 Å². The molecule has 86 valence electrons. The average Bonchev–Trinajstić information content (AvgIpc) is 2.20. The van der Waals surface area contributed by atoms with Crippen molar-refractivity contribution in [3.63, 3.8) is 0 Å². The zero-order valence-electron chi connectivity index (χ0n) is 8.84. The Hall–Kier alpha value is -0.930. The van der Waals surface area contributed by atoms with Crippen molar-refractivity contribution in [2.24, 2.45) is 0 Å². The first-order valence-corrected chi connectivity index (χ1v) is 5.56. The average molecular weight is 261 g/mol. The SMILES string of the molecule is COc1c(Cl)cc(Cl)c2c1C(=O)OC(C)C2. The molecule has 0 N–H and O–H groups in total. The second-order valence-electron chi connectivity index (χ2n) is 3.65. The number of hydrogen-bond acceptors (Lipinski definition) is 3. The Bertz CT molecular complexity index is 457. The van der Waals surface area contributed by atoms with Crippen LogP contribution in [0.4, 0.5) is 0 Å². The highest BCUT2D eigenvalue weighted by Gasteiger charge is 2.30. The smallest absolute Gasteiger partial charge is 0.342 e. The fourth-order valence-corrected chi connectivity index (χ4v) is 2.44. The summed E-state index contributed by atoms with van der Waals surface area (Å²) in [6.07, 6.45) is 0.399. The minimum absolute atomic E-state index is 0.177. The van der Waals surface area contributed by atoms with Crippen molar-refractivity contribution in [2.75, 3.05) is 7.11 Å². The summed E-state index contributed by atoms with van der Waals surface area (Å²) < 4.78 is 10.2. The standard InChI is InChI=1S/C11H10Cl2O3/c1-5-3-6-7(12)4-8(13)10(15-2)9(6)11(14)16-5/h4-5H,3H2,1-2H3. The first kappa shape index (κ1) is 11.6. The fourth-order valence-electron chi connectivity index (χ4n) is 1.83. The van der Waals surface area contributed by atoms with Crippen LogP contribution in [-0.4, -0.2) is 19.2 Å². The predicted molar refractivity (Wildman–Crippen MR) is 61.6 cm³/mol. The van der Waals surface area contributed by atoms with Crippen molar-refractivity contribution in [1.82, 2.24) is 0 Å². The summed E-state index contributed by atoms with van der Waals surface area (Å²) in [7, 11) is 1.46. The summed E-state index contributed by atoms with van der Waals surface area (Å²) in [5, 5.41) is 0.794. The summed E-state index contributed by atoms with van der Waals surface area (Å²) >= 11 is 12.0. The van der Waals surface area contributed by atoms with E-state index < -0.39 is 5.97 Å².